The number of fused-ring (bicyclic) bond motifs is 1. The third kappa shape index (κ3) is 3.27. The zero-order valence-corrected chi connectivity index (χ0v) is 15.4. The second-order valence-corrected chi connectivity index (χ2v) is 6.06. The molecule has 6 nitrogen and oxygen atoms in total. The van der Waals surface area contributed by atoms with E-state index in [9.17, 15) is 4.79 Å². The van der Waals surface area contributed by atoms with Crippen LogP contribution in [0.2, 0.25) is 0 Å². The van der Waals surface area contributed by atoms with Gasteiger partial charge in [0.25, 0.3) is 5.91 Å². The number of carbonyl (C=O) groups is 1. The van der Waals surface area contributed by atoms with Crippen molar-refractivity contribution >= 4 is 22.7 Å². The monoisotopic (exact) mass is 374 g/mol. The molecule has 1 aromatic heterocycles. The average Bonchev–Trinajstić information content (AvgIpc) is 3.17. The fourth-order valence-corrected chi connectivity index (χ4v) is 2.96. The van der Waals surface area contributed by atoms with Crippen LogP contribution in [0.1, 0.15) is 10.4 Å². The first-order chi connectivity index (χ1) is 13.7. The molecule has 0 radical (unpaired) electrons. The minimum atomic E-state index is -0.287. The fourth-order valence-electron chi connectivity index (χ4n) is 2.96. The topological polar surface area (TPSA) is 73.6 Å². The van der Waals surface area contributed by atoms with Crippen molar-refractivity contribution in [1.29, 1.82) is 0 Å². The van der Waals surface area contributed by atoms with Crippen LogP contribution in [-0.4, -0.2) is 25.1 Å². The van der Waals surface area contributed by atoms with Crippen molar-refractivity contribution in [2.45, 2.75) is 0 Å². The summed E-state index contributed by atoms with van der Waals surface area (Å²) >= 11 is 0. The smallest absolute Gasteiger partial charge is 0.259 e. The van der Waals surface area contributed by atoms with Gasteiger partial charge in [0.05, 0.1) is 19.8 Å². The van der Waals surface area contributed by atoms with E-state index in [2.05, 4.69) is 10.3 Å². The zero-order chi connectivity index (χ0) is 19.5. The van der Waals surface area contributed by atoms with Gasteiger partial charge in [-0.1, -0.05) is 18.2 Å². The standard InChI is InChI=1S/C22H18N2O4/c1-26-19-9-5-6-16(20(19)27-2)21(25)23-15-12-10-14(11-13-15)22-24-17-7-3-4-8-18(17)28-22/h3-13H,1-2H3,(H,23,25). The number of amides is 1. The molecule has 0 atom stereocenters. The third-order valence-electron chi connectivity index (χ3n) is 4.33. The molecule has 1 heterocycles. The van der Waals surface area contributed by atoms with Crippen LogP contribution in [-0.2, 0) is 0 Å². The van der Waals surface area contributed by atoms with E-state index in [1.54, 1.807) is 30.3 Å². The molecule has 28 heavy (non-hydrogen) atoms. The van der Waals surface area contributed by atoms with Gasteiger partial charge in [0.15, 0.2) is 17.1 Å². The van der Waals surface area contributed by atoms with Gasteiger partial charge in [0.2, 0.25) is 5.89 Å². The maximum absolute atomic E-state index is 12.7. The Kier molecular flexibility index (Phi) is 4.68. The van der Waals surface area contributed by atoms with Gasteiger partial charge in [0.1, 0.15) is 5.52 Å². The number of para-hydroxylation sites is 3. The van der Waals surface area contributed by atoms with Gasteiger partial charge in [-0.3, -0.25) is 4.79 Å². The lowest BCUT2D eigenvalue weighted by Gasteiger charge is -2.12. The van der Waals surface area contributed by atoms with E-state index in [0.29, 0.717) is 28.6 Å². The molecule has 0 aliphatic rings. The van der Waals surface area contributed by atoms with E-state index >= 15 is 0 Å². The Bertz CT molecular complexity index is 1100. The van der Waals surface area contributed by atoms with Gasteiger partial charge >= 0.3 is 0 Å². The number of rotatable bonds is 5. The molecule has 1 N–H and O–H groups in total. The third-order valence-corrected chi connectivity index (χ3v) is 4.33. The van der Waals surface area contributed by atoms with Gasteiger partial charge in [0, 0.05) is 11.3 Å². The number of oxazole rings is 1. The minimum Gasteiger partial charge on any atom is -0.493 e. The molecule has 4 aromatic rings. The summed E-state index contributed by atoms with van der Waals surface area (Å²) in [4.78, 5) is 17.1. The van der Waals surface area contributed by atoms with Crippen LogP contribution in [0.25, 0.3) is 22.6 Å². The molecule has 0 saturated carbocycles. The van der Waals surface area contributed by atoms with E-state index in [0.717, 1.165) is 16.7 Å². The number of nitrogens with zero attached hydrogens (tertiary/aromatic N) is 1. The Balaban J connectivity index is 1.56. The molecule has 0 saturated heterocycles. The second-order valence-electron chi connectivity index (χ2n) is 6.06. The van der Waals surface area contributed by atoms with Crippen molar-refractivity contribution in [3.8, 4) is 23.0 Å². The summed E-state index contributed by atoms with van der Waals surface area (Å²) in [6, 6.07) is 20.1. The van der Waals surface area contributed by atoms with Crippen molar-refractivity contribution in [3.63, 3.8) is 0 Å². The molecule has 0 fully saturated rings. The normalized spacial score (nSPS) is 10.6. The van der Waals surface area contributed by atoms with E-state index < -0.39 is 0 Å². The molecule has 0 spiro atoms. The van der Waals surface area contributed by atoms with E-state index in [1.807, 2.05) is 36.4 Å². The molecular formula is C22H18N2O4. The van der Waals surface area contributed by atoms with Crippen molar-refractivity contribution < 1.29 is 18.7 Å². The van der Waals surface area contributed by atoms with Gasteiger partial charge in [-0.15, -0.1) is 0 Å². The number of methoxy groups -OCH3 is 2. The Morgan fingerprint density at radius 1 is 0.929 bits per heavy atom. The highest BCUT2D eigenvalue weighted by molar-refractivity contribution is 6.06. The summed E-state index contributed by atoms with van der Waals surface area (Å²) in [5.41, 5.74) is 3.41. The highest BCUT2D eigenvalue weighted by Gasteiger charge is 2.16. The van der Waals surface area contributed by atoms with Crippen LogP contribution in [0, 0.1) is 0 Å². The molecule has 140 valence electrons. The van der Waals surface area contributed by atoms with Crippen LogP contribution in [0.5, 0.6) is 11.5 Å². The van der Waals surface area contributed by atoms with E-state index in [4.69, 9.17) is 13.9 Å². The summed E-state index contributed by atoms with van der Waals surface area (Å²) in [7, 11) is 3.04. The highest BCUT2D eigenvalue weighted by atomic mass is 16.5. The molecule has 4 rings (SSSR count). The molecule has 0 unspecified atom stereocenters. The van der Waals surface area contributed by atoms with Crippen LogP contribution >= 0.6 is 0 Å². The van der Waals surface area contributed by atoms with Crippen molar-refractivity contribution in [1.82, 2.24) is 4.98 Å². The fraction of sp³-hybridized carbons (Fsp3) is 0.0909. The van der Waals surface area contributed by atoms with Crippen molar-refractivity contribution in [2.75, 3.05) is 19.5 Å². The minimum absolute atomic E-state index is 0.287. The Labute approximate surface area is 161 Å². The predicted octanol–water partition coefficient (Wildman–Crippen LogP) is 4.76. The number of benzene rings is 3. The number of ether oxygens (including phenoxy) is 2. The Hall–Kier alpha value is -3.80. The predicted molar refractivity (Wildman–Crippen MR) is 107 cm³/mol. The summed E-state index contributed by atoms with van der Waals surface area (Å²) in [6.07, 6.45) is 0. The number of anilines is 1. The van der Waals surface area contributed by atoms with Crippen molar-refractivity contribution in [3.05, 3.63) is 72.3 Å². The summed E-state index contributed by atoms with van der Waals surface area (Å²) in [5.74, 6) is 1.14. The highest BCUT2D eigenvalue weighted by Crippen LogP contribution is 2.31. The van der Waals surface area contributed by atoms with Crippen LogP contribution in [0.4, 0.5) is 5.69 Å². The largest absolute Gasteiger partial charge is 0.493 e. The first kappa shape index (κ1) is 17.6. The van der Waals surface area contributed by atoms with Gasteiger partial charge < -0.3 is 19.2 Å². The maximum Gasteiger partial charge on any atom is 0.259 e. The molecule has 6 heteroatoms. The quantitative estimate of drug-likeness (QED) is 0.545. The molecule has 0 bridgehead atoms. The summed E-state index contributed by atoms with van der Waals surface area (Å²) in [5, 5.41) is 2.86. The molecule has 1 amide bonds. The Morgan fingerprint density at radius 3 is 2.43 bits per heavy atom. The zero-order valence-electron chi connectivity index (χ0n) is 15.4. The molecule has 0 aliphatic carbocycles. The lowest BCUT2D eigenvalue weighted by Crippen LogP contribution is -2.13. The number of hydrogen-bond donors (Lipinski definition) is 1. The molecular weight excluding hydrogens is 356 g/mol. The number of carbonyl (C=O) groups excluding carboxylic acids is 1. The summed E-state index contributed by atoms with van der Waals surface area (Å²) < 4.78 is 16.3. The molecule has 0 aliphatic heterocycles. The first-order valence-corrected chi connectivity index (χ1v) is 8.68. The second kappa shape index (κ2) is 7.44. The Morgan fingerprint density at radius 2 is 1.71 bits per heavy atom. The lowest BCUT2D eigenvalue weighted by molar-refractivity contribution is 0.102. The van der Waals surface area contributed by atoms with Crippen LogP contribution in [0.3, 0.4) is 0 Å². The summed E-state index contributed by atoms with van der Waals surface area (Å²) in [6.45, 7) is 0. The van der Waals surface area contributed by atoms with Crippen LogP contribution in [0.15, 0.2) is 71.1 Å². The number of aromatic nitrogens is 1. The average molecular weight is 374 g/mol. The van der Waals surface area contributed by atoms with Gasteiger partial charge in [-0.2, -0.15) is 0 Å². The van der Waals surface area contributed by atoms with E-state index in [-0.39, 0.29) is 5.91 Å². The van der Waals surface area contributed by atoms with Gasteiger partial charge in [-0.25, -0.2) is 4.98 Å². The lowest BCUT2D eigenvalue weighted by atomic mass is 10.1. The number of hydrogen-bond acceptors (Lipinski definition) is 5. The van der Waals surface area contributed by atoms with Crippen molar-refractivity contribution in [2.24, 2.45) is 0 Å². The first-order valence-electron chi connectivity index (χ1n) is 8.68. The molecule has 3 aromatic carbocycles. The number of nitrogens with one attached hydrogen (secondary N) is 1. The maximum atomic E-state index is 12.7. The van der Waals surface area contributed by atoms with Crippen LogP contribution < -0.4 is 14.8 Å². The van der Waals surface area contributed by atoms with E-state index in [1.165, 1.54) is 14.2 Å². The van der Waals surface area contributed by atoms with Gasteiger partial charge in [-0.05, 0) is 48.5 Å². The SMILES string of the molecule is COc1cccc(C(=O)Nc2ccc(-c3nc4ccccc4o3)cc2)c1OC.